The molecule has 2 aliphatic heterocycles. The van der Waals surface area contributed by atoms with Crippen molar-refractivity contribution in [2.24, 2.45) is 0 Å². The molecule has 5 aromatic rings. The van der Waals surface area contributed by atoms with E-state index in [4.69, 9.17) is 6.42 Å². The van der Waals surface area contributed by atoms with Crippen LogP contribution in [-0.2, 0) is 10.8 Å². The highest BCUT2D eigenvalue weighted by molar-refractivity contribution is 5.73. The minimum absolute atomic E-state index is 0.00940. The lowest BCUT2D eigenvalue weighted by Gasteiger charge is -2.32. The second kappa shape index (κ2) is 22.3. The Morgan fingerprint density at radius 1 is 0.644 bits per heavy atom. The summed E-state index contributed by atoms with van der Waals surface area (Å²) in [6.07, 6.45) is 28.5. The van der Waals surface area contributed by atoms with E-state index in [0.717, 1.165) is 29.7 Å². The second-order valence-electron chi connectivity index (χ2n) is 17.5. The Kier molecular flexibility index (Phi) is 17.0. The van der Waals surface area contributed by atoms with Gasteiger partial charge >= 0.3 is 0 Å². The van der Waals surface area contributed by atoms with Crippen LogP contribution in [0.4, 0.5) is 11.4 Å². The van der Waals surface area contributed by atoms with Crippen LogP contribution in [0.15, 0.2) is 121 Å². The van der Waals surface area contributed by atoms with Crippen molar-refractivity contribution in [2.45, 2.75) is 142 Å². The Labute approximate surface area is 357 Å². The maximum absolute atomic E-state index is 5.15. The van der Waals surface area contributed by atoms with Crippen LogP contribution in [0.25, 0.3) is 11.0 Å². The van der Waals surface area contributed by atoms with Gasteiger partial charge < -0.3 is 9.80 Å². The molecule has 0 aliphatic carbocycles. The minimum atomic E-state index is 0.00940. The first-order valence-electron chi connectivity index (χ1n) is 22.5. The van der Waals surface area contributed by atoms with E-state index in [0.29, 0.717) is 6.04 Å². The molecule has 0 radical (unpaired) electrons. The summed E-state index contributed by atoms with van der Waals surface area (Å²) >= 11 is 0. The molecular formula is C54H71N5. The molecule has 0 saturated heterocycles. The van der Waals surface area contributed by atoms with Gasteiger partial charge in [-0.15, -0.1) is 6.42 Å². The summed E-state index contributed by atoms with van der Waals surface area (Å²) in [6, 6.07) is 34.2. The summed E-state index contributed by atoms with van der Waals surface area (Å²) < 4.78 is 0. The van der Waals surface area contributed by atoms with Crippen LogP contribution < -0.4 is 9.80 Å². The number of nitrogens with one attached hydrogen (secondary N) is 1. The van der Waals surface area contributed by atoms with Crippen LogP contribution in [0, 0.1) is 19.3 Å². The third kappa shape index (κ3) is 11.8. The first kappa shape index (κ1) is 45.0. The number of hydrogen-bond donors (Lipinski definition) is 1. The standard InChI is InChI=1S/C39H58N2.C9H8.C6H5N3/c1-7-9-11-13-15-21-30-40-34-26-19-17-24-32(34)38(3,4)36(40)28-23-29-37-39(5,6)33-25-18-20-27-35(33)41(37)31-22-16-14-12-10-8-2;1-3-9-6-4-8(2)5-7-9;1-2-4-6-5(3-1)7-9-8-6/h17-20,23-29,36H,7-16,21-22,30-31H2,1-6H3;1,4-7H,2H3;1-4H,(H,7,8,9). The number of nitrogens with zero attached hydrogens (tertiary/aromatic N) is 4. The number of benzene rings is 4. The molecule has 5 nitrogen and oxygen atoms in total. The van der Waals surface area contributed by atoms with Gasteiger partial charge in [-0.3, -0.25) is 0 Å². The number of terminal acetylenes is 1. The summed E-state index contributed by atoms with van der Waals surface area (Å²) in [5, 5.41) is 10.3. The average Bonchev–Trinajstić information content (AvgIpc) is 3.88. The fraction of sp³-hybridized carbons (Fsp3) is 0.444. The van der Waals surface area contributed by atoms with Crippen molar-refractivity contribution in [1.82, 2.24) is 15.4 Å². The van der Waals surface area contributed by atoms with Crippen LogP contribution >= 0.6 is 0 Å². The molecule has 0 spiro atoms. The Morgan fingerprint density at radius 3 is 1.78 bits per heavy atom. The minimum Gasteiger partial charge on any atom is -0.364 e. The van der Waals surface area contributed by atoms with Gasteiger partial charge in [0.1, 0.15) is 11.0 Å². The van der Waals surface area contributed by atoms with Crippen molar-refractivity contribution in [3.63, 3.8) is 0 Å². The van der Waals surface area contributed by atoms with Crippen molar-refractivity contribution in [2.75, 3.05) is 22.9 Å². The third-order valence-corrected chi connectivity index (χ3v) is 12.3. The number of rotatable bonds is 16. The molecule has 0 amide bonds. The van der Waals surface area contributed by atoms with Gasteiger partial charge in [0.15, 0.2) is 0 Å². The first-order chi connectivity index (χ1) is 28.6. The summed E-state index contributed by atoms with van der Waals surface area (Å²) in [5.74, 6) is 2.55. The van der Waals surface area contributed by atoms with E-state index in [1.165, 1.54) is 111 Å². The molecule has 5 heteroatoms. The van der Waals surface area contributed by atoms with E-state index in [1.54, 1.807) is 0 Å². The molecule has 0 fully saturated rings. The highest BCUT2D eigenvalue weighted by Gasteiger charge is 2.43. The molecule has 1 aromatic heterocycles. The van der Waals surface area contributed by atoms with Crippen molar-refractivity contribution >= 4 is 22.4 Å². The molecule has 0 bridgehead atoms. The van der Waals surface area contributed by atoms with Gasteiger partial charge in [-0.1, -0.05) is 190 Å². The van der Waals surface area contributed by atoms with Crippen LogP contribution in [0.1, 0.15) is 141 Å². The Hall–Kier alpha value is -5.08. The molecule has 1 N–H and O–H groups in total. The molecule has 312 valence electrons. The number of aryl methyl sites for hydroxylation is 1. The lowest BCUT2D eigenvalue weighted by atomic mass is 9.80. The van der Waals surface area contributed by atoms with E-state index >= 15 is 0 Å². The topological polar surface area (TPSA) is 48.0 Å². The zero-order chi connectivity index (χ0) is 42.1. The first-order valence-corrected chi connectivity index (χ1v) is 22.5. The number of para-hydroxylation sites is 4. The Balaban J connectivity index is 0.000000297. The largest absolute Gasteiger partial charge is 0.364 e. The van der Waals surface area contributed by atoms with Crippen molar-refractivity contribution in [1.29, 1.82) is 0 Å². The Bertz CT molecular complexity index is 2080. The monoisotopic (exact) mass is 790 g/mol. The molecular weight excluding hydrogens is 719 g/mol. The highest BCUT2D eigenvalue weighted by atomic mass is 15.3. The van der Waals surface area contributed by atoms with Crippen LogP contribution in [-0.4, -0.2) is 34.5 Å². The lowest BCUT2D eigenvalue weighted by molar-refractivity contribution is 0.468. The number of hydrogen-bond acceptors (Lipinski definition) is 4. The van der Waals surface area contributed by atoms with E-state index in [-0.39, 0.29) is 10.8 Å². The zero-order valence-electron chi connectivity index (χ0n) is 37.3. The van der Waals surface area contributed by atoms with E-state index in [2.05, 4.69) is 139 Å². The number of aromatic nitrogens is 3. The predicted molar refractivity (Wildman–Crippen MR) is 254 cm³/mol. The van der Waals surface area contributed by atoms with Crippen LogP contribution in [0.3, 0.4) is 0 Å². The maximum atomic E-state index is 5.15. The van der Waals surface area contributed by atoms with Gasteiger partial charge in [-0.2, -0.15) is 15.4 Å². The maximum Gasteiger partial charge on any atom is 0.112 e. The molecule has 1 atom stereocenters. The van der Waals surface area contributed by atoms with Crippen LogP contribution in [0.2, 0.25) is 0 Å². The number of anilines is 2. The van der Waals surface area contributed by atoms with Gasteiger partial charge in [0.25, 0.3) is 0 Å². The van der Waals surface area contributed by atoms with E-state index in [1.807, 2.05) is 55.5 Å². The van der Waals surface area contributed by atoms with Gasteiger partial charge in [-0.05, 0) is 73.4 Å². The molecule has 0 saturated carbocycles. The van der Waals surface area contributed by atoms with Gasteiger partial charge in [-0.25, -0.2) is 0 Å². The third-order valence-electron chi connectivity index (χ3n) is 12.3. The number of unbranched alkanes of at least 4 members (excludes halogenated alkanes) is 10. The summed E-state index contributed by atoms with van der Waals surface area (Å²) in [7, 11) is 0. The molecule has 4 aromatic carbocycles. The number of H-pyrrole nitrogens is 1. The molecule has 59 heavy (non-hydrogen) atoms. The molecule has 7 rings (SSSR count). The number of aromatic amines is 1. The molecule has 1 unspecified atom stereocenters. The summed E-state index contributed by atoms with van der Waals surface area (Å²) in [6.45, 7) is 18.6. The molecule has 2 aliphatic rings. The van der Waals surface area contributed by atoms with Crippen molar-refractivity contribution < 1.29 is 0 Å². The lowest BCUT2D eigenvalue weighted by Crippen LogP contribution is -2.40. The SMILES string of the molecule is C#Cc1ccc(C)cc1.CCCCCCCCN1C(=CC=CC2N(CCCCCCCC)c3ccccc3C2(C)C)C(C)(C)c2ccccc21.c1ccc2n[nH]nc2c1. The van der Waals surface area contributed by atoms with E-state index < -0.39 is 0 Å². The highest BCUT2D eigenvalue weighted by Crippen LogP contribution is 2.48. The Morgan fingerprint density at radius 2 is 1.17 bits per heavy atom. The summed E-state index contributed by atoms with van der Waals surface area (Å²) in [5.41, 5.74) is 11.4. The van der Waals surface area contributed by atoms with E-state index in [9.17, 15) is 0 Å². The fourth-order valence-corrected chi connectivity index (χ4v) is 8.75. The second-order valence-corrected chi connectivity index (χ2v) is 17.5. The smallest absolute Gasteiger partial charge is 0.112 e. The quantitative estimate of drug-likeness (QED) is 0.0799. The van der Waals surface area contributed by atoms with Crippen molar-refractivity contribution in [3.8, 4) is 12.3 Å². The molecule has 3 heterocycles. The average molecular weight is 790 g/mol. The summed E-state index contributed by atoms with van der Waals surface area (Å²) in [4.78, 5) is 5.33. The van der Waals surface area contributed by atoms with Crippen LogP contribution in [0.5, 0.6) is 0 Å². The zero-order valence-corrected chi connectivity index (χ0v) is 37.3. The predicted octanol–water partition coefficient (Wildman–Crippen LogP) is 14.0. The van der Waals surface area contributed by atoms with Gasteiger partial charge in [0.05, 0.1) is 6.04 Å². The van der Waals surface area contributed by atoms with Gasteiger partial charge in [0.2, 0.25) is 0 Å². The number of fused-ring (bicyclic) bond motifs is 3. The van der Waals surface area contributed by atoms with Crippen molar-refractivity contribution in [3.05, 3.63) is 143 Å². The van der Waals surface area contributed by atoms with Gasteiger partial charge in [0, 0.05) is 46.6 Å². The fourth-order valence-electron chi connectivity index (χ4n) is 8.75. The normalized spacial score (nSPS) is 16.6. The number of allylic oxidation sites excluding steroid dienone is 3.